The Morgan fingerprint density at radius 2 is 1.92 bits per heavy atom. The zero-order valence-electron chi connectivity index (χ0n) is 20.8. The Morgan fingerprint density at radius 1 is 1.13 bits per heavy atom. The average molecular weight is 579 g/mol. The van der Waals surface area contributed by atoms with Crippen molar-refractivity contribution in [3.8, 4) is 17.2 Å². The number of fused-ring (bicyclic) bond motifs is 2. The molecule has 1 aliphatic rings. The van der Waals surface area contributed by atoms with Crippen LogP contribution in [0.2, 0.25) is 0 Å². The van der Waals surface area contributed by atoms with Crippen molar-refractivity contribution >= 4 is 38.7 Å². The summed E-state index contributed by atoms with van der Waals surface area (Å²) in [6.45, 7) is 6.06. The van der Waals surface area contributed by atoms with Gasteiger partial charge in [-0.1, -0.05) is 42.8 Å². The van der Waals surface area contributed by atoms with E-state index < -0.39 is 10.3 Å². The van der Waals surface area contributed by atoms with Gasteiger partial charge in [0.05, 0.1) is 22.0 Å². The quantitative estimate of drug-likeness (QED) is 0.167. The maximum atomic E-state index is 13.3. The number of ether oxygens (including phenoxy) is 3. The van der Waals surface area contributed by atoms with E-state index in [1.807, 2.05) is 26.8 Å². The number of hydrogen-bond acceptors (Lipinski definition) is 8. The summed E-state index contributed by atoms with van der Waals surface area (Å²) in [5.41, 5.74) is 0.714. The lowest BCUT2D eigenvalue weighted by atomic mass is 9.95. The summed E-state index contributed by atoms with van der Waals surface area (Å²) < 4.78 is 18.4. The Hall–Kier alpha value is -4.25. The van der Waals surface area contributed by atoms with Gasteiger partial charge in [0.25, 0.3) is 5.56 Å². The number of halogens is 1. The minimum Gasteiger partial charge on any atom is -0.482 e. The van der Waals surface area contributed by atoms with E-state index in [1.54, 1.807) is 36.4 Å². The van der Waals surface area contributed by atoms with Gasteiger partial charge in [-0.25, -0.2) is 4.98 Å². The number of benzene rings is 3. The highest BCUT2D eigenvalue weighted by molar-refractivity contribution is 9.10. The highest BCUT2D eigenvalue weighted by Crippen LogP contribution is 2.34. The van der Waals surface area contributed by atoms with Crippen LogP contribution in [0.15, 0.2) is 69.0 Å². The molecular weight excluding hydrogens is 556 g/mol. The molecule has 1 aromatic heterocycles. The number of hydrogen-bond donors (Lipinski definition) is 0. The Kier molecular flexibility index (Phi) is 6.62. The molecule has 3 aromatic carbocycles. The number of rotatable bonds is 6. The minimum atomic E-state index is -0.520. The molecule has 194 valence electrons. The molecule has 38 heavy (non-hydrogen) atoms. The molecule has 1 aliphatic heterocycles. The molecule has 0 saturated heterocycles. The van der Waals surface area contributed by atoms with Gasteiger partial charge in [-0.05, 0) is 48.0 Å². The van der Waals surface area contributed by atoms with Crippen LogP contribution >= 0.6 is 15.9 Å². The van der Waals surface area contributed by atoms with Crippen LogP contribution < -0.4 is 19.8 Å². The van der Waals surface area contributed by atoms with Crippen LogP contribution in [0, 0.1) is 10.1 Å². The smallest absolute Gasteiger partial charge is 0.311 e. The van der Waals surface area contributed by atoms with Gasteiger partial charge in [0.15, 0.2) is 17.2 Å². The lowest BCUT2D eigenvalue weighted by Crippen LogP contribution is -2.29. The topological polar surface area (TPSA) is 118 Å². The van der Waals surface area contributed by atoms with Crippen molar-refractivity contribution < 1.29 is 19.1 Å². The first-order valence-corrected chi connectivity index (χ1v) is 12.5. The van der Waals surface area contributed by atoms with E-state index in [0.717, 1.165) is 10.0 Å². The van der Waals surface area contributed by atoms with Crippen molar-refractivity contribution in [3.63, 3.8) is 0 Å². The Morgan fingerprint density at radius 3 is 2.68 bits per heavy atom. The first kappa shape index (κ1) is 25.4. The fourth-order valence-corrected chi connectivity index (χ4v) is 4.30. The molecule has 10 nitrogen and oxygen atoms in total. The minimum absolute atomic E-state index is 0.105. The molecule has 11 heteroatoms. The fourth-order valence-electron chi connectivity index (χ4n) is 3.94. The number of nitro benzene ring substituents is 1. The van der Waals surface area contributed by atoms with Crippen LogP contribution in [0.4, 0.5) is 5.69 Å². The van der Waals surface area contributed by atoms with Crippen molar-refractivity contribution in [2.75, 3.05) is 6.79 Å². The molecule has 0 bridgehead atoms. The van der Waals surface area contributed by atoms with Crippen molar-refractivity contribution in [2.45, 2.75) is 32.8 Å². The summed E-state index contributed by atoms with van der Waals surface area (Å²) in [5, 5.41) is 16.6. The zero-order valence-corrected chi connectivity index (χ0v) is 22.4. The highest BCUT2D eigenvalue weighted by atomic mass is 79.9. The standard InChI is InChI=1S/C27H23BrN4O6/c1-27(2,3)26-30-20-7-6-18(28)12-19(20)25(33)31(26)29-13-16-4-8-22(21(10-16)32(34)35)36-14-17-5-9-23-24(11-17)38-15-37-23/h4-13H,14-15H2,1-3H3. The van der Waals surface area contributed by atoms with Crippen LogP contribution in [0.25, 0.3) is 10.9 Å². The third kappa shape index (κ3) is 5.10. The molecule has 0 radical (unpaired) electrons. The normalized spacial score (nSPS) is 12.8. The van der Waals surface area contributed by atoms with E-state index in [4.69, 9.17) is 14.2 Å². The maximum Gasteiger partial charge on any atom is 0.311 e. The molecule has 0 atom stereocenters. The van der Waals surface area contributed by atoms with Gasteiger partial charge in [0, 0.05) is 21.5 Å². The third-order valence-electron chi connectivity index (χ3n) is 5.81. The second-order valence-corrected chi connectivity index (χ2v) is 10.6. The molecule has 0 spiro atoms. The van der Waals surface area contributed by atoms with Crippen molar-refractivity contribution in [1.82, 2.24) is 9.66 Å². The molecular formula is C27H23BrN4O6. The van der Waals surface area contributed by atoms with Gasteiger partial charge in [-0.2, -0.15) is 9.78 Å². The van der Waals surface area contributed by atoms with Gasteiger partial charge in [-0.3, -0.25) is 14.9 Å². The van der Waals surface area contributed by atoms with Crippen LogP contribution in [-0.2, 0) is 12.0 Å². The van der Waals surface area contributed by atoms with Gasteiger partial charge < -0.3 is 14.2 Å². The zero-order chi connectivity index (χ0) is 27.0. The summed E-state index contributed by atoms with van der Waals surface area (Å²) in [7, 11) is 0. The SMILES string of the molecule is CC(C)(C)c1nc2ccc(Br)cc2c(=O)n1N=Cc1ccc(OCc2ccc3c(c2)OCO3)c([N+](=O)[O-])c1. The van der Waals surface area contributed by atoms with E-state index in [2.05, 4.69) is 26.0 Å². The molecule has 4 aromatic rings. The molecule has 0 saturated carbocycles. The van der Waals surface area contributed by atoms with Crippen molar-refractivity contribution in [2.24, 2.45) is 5.10 Å². The lowest BCUT2D eigenvalue weighted by Gasteiger charge is -2.20. The summed E-state index contributed by atoms with van der Waals surface area (Å²) in [6.07, 6.45) is 1.40. The summed E-state index contributed by atoms with van der Waals surface area (Å²) >= 11 is 3.39. The van der Waals surface area contributed by atoms with Crippen LogP contribution in [0.5, 0.6) is 17.2 Å². The van der Waals surface area contributed by atoms with Crippen molar-refractivity contribution in [1.29, 1.82) is 0 Å². The summed E-state index contributed by atoms with van der Waals surface area (Å²) in [6, 6.07) is 15.1. The van der Waals surface area contributed by atoms with Crippen molar-refractivity contribution in [3.05, 3.63) is 96.5 Å². The second-order valence-electron chi connectivity index (χ2n) is 9.67. The number of aromatic nitrogens is 2. The predicted octanol–water partition coefficient (Wildman–Crippen LogP) is 5.55. The number of nitro groups is 1. The predicted molar refractivity (Wildman–Crippen MR) is 145 cm³/mol. The highest BCUT2D eigenvalue weighted by Gasteiger charge is 2.23. The van der Waals surface area contributed by atoms with E-state index >= 15 is 0 Å². The second kappa shape index (κ2) is 9.90. The van der Waals surface area contributed by atoms with E-state index in [-0.39, 0.29) is 30.4 Å². The number of nitrogens with zero attached hydrogens (tertiary/aromatic N) is 4. The largest absolute Gasteiger partial charge is 0.482 e. The van der Waals surface area contributed by atoms with Gasteiger partial charge in [0.2, 0.25) is 6.79 Å². The summed E-state index contributed by atoms with van der Waals surface area (Å²) in [4.78, 5) is 29.3. The third-order valence-corrected chi connectivity index (χ3v) is 6.31. The molecule has 5 rings (SSSR count). The fraction of sp³-hybridized carbons (Fsp3) is 0.222. The van der Waals surface area contributed by atoms with Crippen LogP contribution in [0.3, 0.4) is 0 Å². The van der Waals surface area contributed by atoms with Crippen LogP contribution in [-0.4, -0.2) is 27.6 Å². The van der Waals surface area contributed by atoms with Crippen LogP contribution in [0.1, 0.15) is 37.7 Å². The molecule has 0 amide bonds. The maximum absolute atomic E-state index is 13.3. The molecule has 0 aliphatic carbocycles. The van der Waals surface area contributed by atoms with Gasteiger partial charge >= 0.3 is 5.69 Å². The Labute approximate surface area is 225 Å². The molecule has 0 N–H and O–H groups in total. The van der Waals surface area contributed by atoms with E-state index in [9.17, 15) is 14.9 Å². The average Bonchev–Trinajstić information content (AvgIpc) is 3.34. The summed E-state index contributed by atoms with van der Waals surface area (Å²) in [5.74, 6) is 1.82. The molecule has 2 heterocycles. The monoisotopic (exact) mass is 578 g/mol. The van der Waals surface area contributed by atoms with E-state index in [1.165, 1.54) is 23.0 Å². The Balaban J connectivity index is 1.46. The molecule has 0 unspecified atom stereocenters. The van der Waals surface area contributed by atoms with E-state index in [0.29, 0.717) is 33.8 Å². The first-order valence-electron chi connectivity index (χ1n) is 11.7. The lowest BCUT2D eigenvalue weighted by molar-refractivity contribution is -0.385. The Bertz CT molecular complexity index is 1660. The van der Waals surface area contributed by atoms with Gasteiger partial charge in [-0.15, -0.1) is 0 Å². The first-order chi connectivity index (χ1) is 18.1. The molecule has 0 fully saturated rings. The van der Waals surface area contributed by atoms with Gasteiger partial charge in [0.1, 0.15) is 12.4 Å².